The molecule has 3 N–H and O–H groups in total. The molecule has 0 saturated carbocycles. The van der Waals surface area contributed by atoms with Gasteiger partial charge in [-0.3, -0.25) is 9.78 Å². The van der Waals surface area contributed by atoms with Crippen LogP contribution in [-0.2, 0) is 16.1 Å². The van der Waals surface area contributed by atoms with Gasteiger partial charge in [0.15, 0.2) is 0 Å². The third-order valence-corrected chi connectivity index (χ3v) is 3.90. The largest absolute Gasteiger partial charge is 0.381 e. The van der Waals surface area contributed by atoms with E-state index in [1.807, 2.05) is 12.3 Å². The molecule has 1 fully saturated rings. The summed E-state index contributed by atoms with van der Waals surface area (Å²) in [6, 6.07) is 1.98. The van der Waals surface area contributed by atoms with Crippen molar-refractivity contribution in [3.8, 4) is 0 Å². The van der Waals surface area contributed by atoms with E-state index in [0.29, 0.717) is 39.1 Å². The molecule has 1 aromatic heterocycles. The van der Waals surface area contributed by atoms with Gasteiger partial charge in [0.05, 0.1) is 5.41 Å². The molecule has 104 valence electrons. The van der Waals surface area contributed by atoms with Crippen LogP contribution in [-0.4, -0.2) is 30.6 Å². The molecule has 0 aromatic carbocycles. The second kappa shape index (κ2) is 6.12. The quantitative estimate of drug-likeness (QED) is 0.822. The zero-order chi connectivity index (χ0) is 13.7. The molecule has 2 heterocycles. The van der Waals surface area contributed by atoms with E-state index < -0.39 is 5.41 Å². The fourth-order valence-electron chi connectivity index (χ4n) is 2.39. The Bertz CT molecular complexity index is 442. The van der Waals surface area contributed by atoms with Crippen LogP contribution >= 0.6 is 0 Å². The second-order valence-corrected chi connectivity index (χ2v) is 5.16. The van der Waals surface area contributed by atoms with Gasteiger partial charge in [-0.1, -0.05) is 0 Å². The van der Waals surface area contributed by atoms with Crippen molar-refractivity contribution >= 4 is 5.91 Å². The molecule has 1 amide bonds. The first-order valence-corrected chi connectivity index (χ1v) is 6.62. The molecule has 1 aromatic rings. The summed E-state index contributed by atoms with van der Waals surface area (Å²) in [5, 5.41) is 3.34. The lowest BCUT2D eigenvalue weighted by atomic mass is 9.79. The minimum absolute atomic E-state index is 0.230. The van der Waals surface area contributed by atoms with Crippen LogP contribution in [0.2, 0.25) is 0 Å². The lowest BCUT2D eigenvalue weighted by Crippen LogP contribution is -2.48. The van der Waals surface area contributed by atoms with Gasteiger partial charge in [-0.15, -0.1) is 0 Å². The molecule has 0 spiro atoms. The highest BCUT2D eigenvalue weighted by atomic mass is 16.5. The molecular weight excluding hydrogens is 242 g/mol. The number of aryl methyl sites for hydroxylation is 1. The molecule has 0 unspecified atom stereocenters. The fourth-order valence-corrected chi connectivity index (χ4v) is 2.39. The molecule has 5 heteroatoms. The van der Waals surface area contributed by atoms with Crippen molar-refractivity contribution in [3.63, 3.8) is 0 Å². The summed E-state index contributed by atoms with van der Waals surface area (Å²) >= 11 is 0. The molecule has 0 aliphatic carbocycles. The number of carbonyl (C=O) groups excluding carboxylic acids is 1. The minimum atomic E-state index is -0.464. The molecule has 2 rings (SSSR count). The first-order chi connectivity index (χ1) is 9.14. The number of nitrogens with two attached hydrogens (primary N) is 1. The van der Waals surface area contributed by atoms with Crippen LogP contribution in [0.25, 0.3) is 0 Å². The van der Waals surface area contributed by atoms with Gasteiger partial charge in [0.1, 0.15) is 0 Å². The van der Waals surface area contributed by atoms with Gasteiger partial charge in [0.2, 0.25) is 5.91 Å². The van der Waals surface area contributed by atoms with Gasteiger partial charge in [-0.05, 0) is 37.0 Å². The Kier molecular flexibility index (Phi) is 4.50. The highest BCUT2D eigenvalue weighted by Gasteiger charge is 2.37. The van der Waals surface area contributed by atoms with Crippen molar-refractivity contribution in [2.75, 3.05) is 19.8 Å². The van der Waals surface area contributed by atoms with Crippen LogP contribution in [0.4, 0.5) is 0 Å². The summed E-state index contributed by atoms with van der Waals surface area (Å²) in [5.74, 6) is -0.230. The average molecular weight is 263 g/mol. The van der Waals surface area contributed by atoms with Gasteiger partial charge >= 0.3 is 0 Å². The number of hydrogen-bond donors (Lipinski definition) is 2. The third kappa shape index (κ3) is 3.30. The van der Waals surface area contributed by atoms with Crippen molar-refractivity contribution in [1.29, 1.82) is 0 Å². The zero-order valence-corrected chi connectivity index (χ0v) is 11.3. The van der Waals surface area contributed by atoms with Gasteiger partial charge in [-0.25, -0.2) is 0 Å². The Morgan fingerprint density at radius 2 is 2.26 bits per heavy atom. The number of primary amides is 1. The van der Waals surface area contributed by atoms with Crippen molar-refractivity contribution in [3.05, 3.63) is 29.6 Å². The molecule has 0 radical (unpaired) electrons. The predicted octanol–water partition coefficient (Wildman–Crippen LogP) is 0.762. The Morgan fingerprint density at radius 1 is 1.53 bits per heavy atom. The molecule has 0 atom stereocenters. The van der Waals surface area contributed by atoms with Crippen LogP contribution in [0.15, 0.2) is 18.5 Å². The summed E-state index contributed by atoms with van der Waals surface area (Å²) < 4.78 is 5.31. The summed E-state index contributed by atoms with van der Waals surface area (Å²) in [5.41, 5.74) is 7.45. The smallest absolute Gasteiger partial charge is 0.225 e. The van der Waals surface area contributed by atoms with Crippen LogP contribution in [0, 0.1) is 12.3 Å². The molecule has 19 heavy (non-hydrogen) atoms. The van der Waals surface area contributed by atoms with E-state index in [0.717, 1.165) is 5.56 Å². The summed E-state index contributed by atoms with van der Waals surface area (Å²) in [6.45, 7) is 4.57. The van der Waals surface area contributed by atoms with E-state index in [1.165, 1.54) is 5.56 Å². The Morgan fingerprint density at radius 3 is 2.89 bits per heavy atom. The monoisotopic (exact) mass is 263 g/mol. The van der Waals surface area contributed by atoms with E-state index in [9.17, 15) is 4.79 Å². The lowest BCUT2D eigenvalue weighted by Gasteiger charge is -2.34. The van der Waals surface area contributed by atoms with Crippen molar-refractivity contribution in [1.82, 2.24) is 10.3 Å². The van der Waals surface area contributed by atoms with E-state index >= 15 is 0 Å². The Hall–Kier alpha value is -1.46. The summed E-state index contributed by atoms with van der Waals surface area (Å²) in [4.78, 5) is 15.8. The minimum Gasteiger partial charge on any atom is -0.381 e. The maximum absolute atomic E-state index is 11.7. The van der Waals surface area contributed by atoms with E-state index in [4.69, 9.17) is 10.5 Å². The number of pyridine rings is 1. The van der Waals surface area contributed by atoms with Gasteiger partial charge < -0.3 is 15.8 Å². The number of ether oxygens (including phenoxy) is 1. The number of rotatable bonds is 5. The fraction of sp³-hybridized carbons (Fsp3) is 0.571. The first kappa shape index (κ1) is 14.0. The van der Waals surface area contributed by atoms with Crippen LogP contribution in [0.3, 0.4) is 0 Å². The van der Waals surface area contributed by atoms with Gasteiger partial charge in [-0.2, -0.15) is 0 Å². The standard InChI is InChI=1S/C14H21N3O2/c1-11-2-5-16-8-12(11)9-17-10-14(13(15)18)3-6-19-7-4-14/h2,5,8,17H,3-4,6-7,9-10H2,1H3,(H2,15,18). The number of carbonyl (C=O) groups is 1. The van der Waals surface area contributed by atoms with Crippen molar-refractivity contribution in [2.45, 2.75) is 26.3 Å². The summed E-state index contributed by atoms with van der Waals surface area (Å²) in [7, 11) is 0. The SMILES string of the molecule is Cc1ccncc1CNCC1(C(N)=O)CCOCC1. The van der Waals surface area contributed by atoms with Crippen molar-refractivity contribution in [2.24, 2.45) is 11.1 Å². The topological polar surface area (TPSA) is 77.2 Å². The molecular formula is C14H21N3O2. The zero-order valence-electron chi connectivity index (χ0n) is 11.3. The first-order valence-electron chi connectivity index (χ1n) is 6.62. The Balaban J connectivity index is 1.93. The van der Waals surface area contributed by atoms with E-state index in [2.05, 4.69) is 17.2 Å². The van der Waals surface area contributed by atoms with E-state index in [1.54, 1.807) is 6.20 Å². The maximum atomic E-state index is 11.7. The molecule has 1 aliphatic heterocycles. The van der Waals surface area contributed by atoms with Crippen LogP contribution in [0.1, 0.15) is 24.0 Å². The normalized spacial score (nSPS) is 18.2. The third-order valence-electron chi connectivity index (χ3n) is 3.90. The highest BCUT2D eigenvalue weighted by molar-refractivity contribution is 5.81. The molecule has 1 saturated heterocycles. The van der Waals surface area contributed by atoms with Crippen molar-refractivity contribution < 1.29 is 9.53 Å². The van der Waals surface area contributed by atoms with E-state index in [-0.39, 0.29) is 5.91 Å². The Labute approximate surface area is 113 Å². The molecule has 0 bridgehead atoms. The van der Waals surface area contributed by atoms with Crippen LogP contribution in [0.5, 0.6) is 0 Å². The lowest BCUT2D eigenvalue weighted by molar-refractivity contribution is -0.132. The molecule has 1 aliphatic rings. The number of hydrogen-bond acceptors (Lipinski definition) is 4. The van der Waals surface area contributed by atoms with Gasteiger partial charge in [0.25, 0.3) is 0 Å². The highest BCUT2D eigenvalue weighted by Crippen LogP contribution is 2.29. The van der Waals surface area contributed by atoms with Gasteiger partial charge in [0, 0.05) is 38.7 Å². The number of nitrogens with zero attached hydrogens (tertiary/aromatic N) is 1. The summed E-state index contributed by atoms with van der Waals surface area (Å²) in [6.07, 6.45) is 5.02. The predicted molar refractivity (Wildman–Crippen MR) is 72.4 cm³/mol. The number of aromatic nitrogens is 1. The average Bonchev–Trinajstić information content (AvgIpc) is 2.42. The van der Waals surface area contributed by atoms with Crippen LogP contribution < -0.4 is 11.1 Å². The maximum Gasteiger partial charge on any atom is 0.225 e. The second-order valence-electron chi connectivity index (χ2n) is 5.16. The number of nitrogens with one attached hydrogen (secondary N) is 1. The number of amides is 1. The molecule has 5 nitrogen and oxygen atoms in total.